The van der Waals surface area contributed by atoms with Gasteiger partial charge >= 0.3 is 5.00 Å². The van der Waals surface area contributed by atoms with E-state index in [4.69, 9.17) is 0 Å². The summed E-state index contributed by atoms with van der Waals surface area (Å²) in [5, 5.41) is 15.8. The summed E-state index contributed by atoms with van der Waals surface area (Å²) in [6, 6.07) is 1.62. The maximum Gasteiger partial charge on any atom is 0.324 e. The molecule has 0 aliphatic rings. The van der Waals surface area contributed by atoms with Gasteiger partial charge in [0.05, 0.1) is 4.92 Å². The topological polar surface area (TPSA) is 83.8 Å². The van der Waals surface area contributed by atoms with Crippen molar-refractivity contribution in [1.82, 2.24) is 15.3 Å². The maximum atomic E-state index is 10.5. The van der Waals surface area contributed by atoms with E-state index in [0.717, 1.165) is 30.8 Å². The normalized spacial score (nSPS) is 10.7. The Bertz CT molecular complexity index is 495. The number of aromatic nitrogens is 2. The van der Waals surface area contributed by atoms with Crippen molar-refractivity contribution in [1.29, 1.82) is 0 Å². The van der Waals surface area contributed by atoms with Crippen molar-refractivity contribution in [3.8, 4) is 0 Å². The average Bonchev–Trinajstić information content (AvgIpc) is 2.98. The first-order valence-corrected chi connectivity index (χ1v) is 6.54. The lowest BCUT2D eigenvalue weighted by atomic mass is 10.3. The third-order valence-corrected chi connectivity index (χ3v) is 3.40. The van der Waals surface area contributed by atoms with Gasteiger partial charge in [0.25, 0.3) is 0 Å². The summed E-state index contributed by atoms with van der Waals surface area (Å²) < 4.78 is 0. The fraction of sp³-hybridized carbons (Fsp3) is 0.364. The van der Waals surface area contributed by atoms with Crippen LogP contribution < -0.4 is 5.32 Å². The Balaban J connectivity index is 1.64. The van der Waals surface area contributed by atoms with Crippen molar-refractivity contribution in [2.24, 2.45) is 0 Å². The minimum atomic E-state index is -0.356. The van der Waals surface area contributed by atoms with Gasteiger partial charge in [0.2, 0.25) is 0 Å². The number of nitrogens with one attached hydrogen (secondary N) is 2. The molecular weight excluding hydrogens is 252 g/mol. The van der Waals surface area contributed by atoms with Crippen LogP contribution in [0.2, 0.25) is 0 Å². The van der Waals surface area contributed by atoms with Gasteiger partial charge in [0.15, 0.2) is 0 Å². The summed E-state index contributed by atoms with van der Waals surface area (Å²) in [5.41, 5.74) is 0.963. The minimum Gasteiger partial charge on any atom is -0.349 e. The molecule has 6 nitrogen and oxygen atoms in total. The quantitative estimate of drug-likeness (QED) is 0.456. The fourth-order valence-corrected chi connectivity index (χ4v) is 2.33. The van der Waals surface area contributed by atoms with E-state index in [-0.39, 0.29) is 9.92 Å². The highest BCUT2D eigenvalue weighted by atomic mass is 32.1. The van der Waals surface area contributed by atoms with Gasteiger partial charge in [-0.2, -0.15) is 0 Å². The van der Waals surface area contributed by atoms with Crippen molar-refractivity contribution >= 4 is 16.3 Å². The van der Waals surface area contributed by atoms with Crippen molar-refractivity contribution in [2.75, 3.05) is 6.54 Å². The molecule has 0 atom stereocenters. The largest absolute Gasteiger partial charge is 0.349 e. The van der Waals surface area contributed by atoms with Crippen molar-refractivity contribution in [2.45, 2.75) is 19.4 Å². The van der Waals surface area contributed by atoms with Gasteiger partial charge < -0.3 is 10.3 Å². The number of H-pyrrole nitrogens is 1. The molecule has 2 heterocycles. The van der Waals surface area contributed by atoms with Crippen LogP contribution in [0.5, 0.6) is 0 Å². The Kier molecular flexibility index (Phi) is 4.43. The second-order valence-electron chi connectivity index (χ2n) is 3.87. The molecule has 0 aliphatic carbocycles. The van der Waals surface area contributed by atoms with Gasteiger partial charge in [-0.15, -0.1) is 0 Å². The SMILES string of the molecule is O=[N+]([O-])c1cc(CNCCCc2ncc[nH]2)cs1. The summed E-state index contributed by atoms with van der Waals surface area (Å²) in [6.07, 6.45) is 5.45. The zero-order chi connectivity index (χ0) is 12.8. The number of imidazole rings is 1. The Hall–Kier alpha value is -1.73. The van der Waals surface area contributed by atoms with E-state index in [9.17, 15) is 10.1 Å². The van der Waals surface area contributed by atoms with E-state index in [2.05, 4.69) is 15.3 Å². The highest BCUT2D eigenvalue weighted by Gasteiger charge is 2.08. The summed E-state index contributed by atoms with van der Waals surface area (Å²) in [4.78, 5) is 17.3. The first-order valence-electron chi connectivity index (χ1n) is 5.66. The molecule has 2 N–H and O–H groups in total. The number of thiophene rings is 1. The molecular formula is C11H14N4O2S. The number of nitro groups is 1. The van der Waals surface area contributed by atoms with Crippen LogP contribution in [0.25, 0.3) is 0 Å². The molecule has 96 valence electrons. The highest BCUT2D eigenvalue weighted by Crippen LogP contribution is 2.22. The van der Waals surface area contributed by atoms with E-state index in [1.165, 1.54) is 11.3 Å². The molecule has 18 heavy (non-hydrogen) atoms. The molecule has 2 rings (SSSR count). The molecule has 0 radical (unpaired) electrons. The number of aryl methyl sites for hydroxylation is 1. The number of nitrogens with zero attached hydrogens (tertiary/aromatic N) is 2. The van der Waals surface area contributed by atoms with Crippen LogP contribution in [-0.2, 0) is 13.0 Å². The zero-order valence-corrected chi connectivity index (χ0v) is 10.6. The maximum absolute atomic E-state index is 10.5. The van der Waals surface area contributed by atoms with Crippen LogP contribution in [0.4, 0.5) is 5.00 Å². The number of rotatable bonds is 7. The monoisotopic (exact) mass is 266 g/mol. The Morgan fingerprint density at radius 2 is 2.44 bits per heavy atom. The van der Waals surface area contributed by atoms with Crippen LogP contribution in [-0.4, -0.2) is 21.4 Å². The molecule has 7 heteroatoms. The van der Waals surface area contributed by atoms with E-state index in [1.54, 1.807) is 12.3 Å². The summed E-state index contributed by atoms with van der Waals surface area (Å²) >= 11 is 1.17. The molecule has 0 aliphatic heterocycles. The molecule has 0 saturated heterocycles. The Morgan fingerprint density at radius 1 is 1.56 bits per heavy atom. The van der Waals surface area contributed by atoms with E-state index in [1.807, 2.05) is 11.6 Å². The third-order valence-electron chi connectivity index (χ3n) is 2.47. The molecule has 2 aromatic heterocycles. The van der Waals surface area contributed by atoms with Gasteiger partial charge in [-0.25, -0.2) is 4.98 Å². The smallest absolute Gasteiger partial charge is 0.324 e. The number of aromatic amines is 1. The third kappa shape index (κ3) is 3.64. The molecule has 0 fully saturated rings. The predicted molar refractivity (Wildman–Crippen MR) is 69.6 cm³/mol. The van der Waals surface area contributed by atoms with Crippen LogP contribution >= 0.6 is 11.3 Å². The van der Waals surface area contributed by atoms with E-state index < -0.39 is 0 Å². The zero-order valence-electron chi connectivity index (χ0n) is 9.76. The van der Waals surface area contributed by atoms with Gasteiger partial charge in [0.1, 0.15) is 5.82 Å². The van der Waals surface area contributed by atoms with Crippen LogP contribution in [0.1, 0.15) is 17.8 Å². The second-order valence-corrected chi connectivity index (χ2v) is 4.76. The van der Waals surface area contributed by atoms with Crippen molar-refractivity contribution < 1.29 is 4.92 Å². The summed E-state index contributed by atoms with van der Waals surface area (Å²) in [7, 11) is 0. The Morgan fingerprint density at radius 3 is 3.11 bits per heavy atom. The average molecular weight is 266 g/mol. The lowest BCUT2D eigenvalue weighted by molar-refractivity contribution is -0.380. The first-order chi connectivity index (χ1) is 8.75. The van der Waals surface area contributed by atoms with Crippen molar-refractivity contribution in [3.63, 3.8) is 0 Å². The second kappa shape index (κ2) is 6.27. The highest BCUT2D eigenvalue weighted by molar-refractivity contribution is 7.13. The summed E-state index contributed by atoms with van der Waals surface area (Å²) in [5.74, 6) is 0.989. The lowest BCUT2D eigenvalue weighted by Gasteiger charge is -2.01. The summed E-state index contributed by atoms with van der Waals surface area (Å²) in [6.45, 7) is 1.53. The van der Waals surface area contributed by atoms with Gasteiger partial charge in [-0.3, -0.25) is 10.1 Å². The molecule has 0 amide bonds. The molecule has 0 bridgehead atoms. The lowest BCUT2D eigenvalue weighted by Crippen LogP contribution is -2.15. The van der Waals surface area contributed by atoms with Crippen LogP contribution in [0.15, 0.2) is 23.8 Å². The number of hydrogen-bond donors (Lipinski definition) is 2. The van der Waals surface area contributed by atoms with E-state index in [0.29, 0.717) is 6.54 Å². The molecule has 0 aromatic carbocycles. The molecule has 0 spiro atoms. The fourth-order valence-electron chi connectivity index (χ4n) is 1.60. The van der Waals surface area contributed by atoms with Gasteiger partial charge in [-0.05, 0) is 18.5 Å². The molecule has 2 aromatic rings. The van der Waals surface area contributed by atoms with E-state index >= 15 is 0 Å². The van der Waals surface area contributed by atoms with Crippen LogP contribution in [0.3, 0.4) is 0 Å². The Labute approximate surface area is 108 Å². The van der Waals surface area contributed by atoms with Gasteiger partial charge in [0, 0.05) is 36.8 Å². The predicted octanol–water partition coefficient (Wildman–Crippen LogP) is 2.10. The van der Waals surface area contributed by atoms with Crippen molar-refractivity contribution in [3.05, 3.63) is 45.3 Å². The molecule has 0 unspecified atom stereocenters. The van der Waals surface area contributed by atoms with Gasteiger partial charge in [-0.1, -0.05) is 11.3 Å². The first kappa shape index (κ1) is 12.7. The molecule has 0 saturated carbocycles. The minimum absolute atomic E-state index is 0.197. The van der Waals surface area contributed by atoms with Crippen LogP contribution in [0, 0.1) is 10.1 Å². The number of hydrogen-bond acceptors (Lipinski definition) is 5. The standard InChI is InChI=1S/C11H14N4O2S/c16-15(17)11-6-9(8-18-11)7-12-3-1-2-10-13-4-5-14-10/h4-6,8,12H,1-3,7H2,(H,13,14).